The molecule has 1 aliphatic rings. The van der Waals surface area contributed by atoms with Gasteiger partial charge in [0.25, 0.3) is 5.56 Å². The summed E-state index contributed by atoms with van der Waals surface area (Å²) in [6, 6.07) is 9.98. The van der Waals surface area contributed by atoms with E-state index in [1.165, 1.54) is 11.3 Å². The van der Waals surface area contributed by atoms with Crippen LogP contribution in [0.4, 0.5) is 0 Å². The van der Waals surface area contributed by atoms with Crippen molar-refractivity contribution < 1.29 is 19.0 Å². The lowest BCUT2D eigenvalue weighted by molar-refractivity contribution is -0.139. The molecule has 0 radical (unpaired) electrons. The number of methoxy groups -OCH3 is 1. The van der Waals surface area contributed by atoms with Crippen molar-refractivity contribution in [2.24, 2.45) is 4.99 Å². The lowest BCUT2D eigenvalue weighted by atomic mass is 9.96. The highest BCUT2D eigenvalue weighted by Gasteiger charge is 2.33. The molecule has 4 rings (SSSR count). The summed E-state index contributed by atoms with van der Waals surface area (Å²) in [5, 5.41) is 0.554. The van der Waals surface area contributed by atoms with Gasteiger partial charge in [0, 0.05) is 9.50 Å². The average Bonchev–Trinajstić information content (AvgIpc) is 3.15. The van der Waals surface area contributed by atoms with E-state index in [0.717, 1.165) is 15.6 Å². The van der Waals surface area contributed by atoms with E-state index in [2.05, 4.69) is 20.9 Å². The number of aromatic nitrogens is 1. The third-order valence-electron chi connectivity index (χ3n) is 5.57. The highest BCUT2D eigenvalue weighted by Crippen LogP contribution is 2.34. The van der Waals surface area contributed by atoms with Crippen LogP contribution in [0.3, 0.4) is 0 Å². The quantitative estimate of drug-likeness (QED) is 0.375. The monoisotopic (exact) mass is 590 g/mol. The highest BCUT2D eigenvalue weighted by molar-refractivity contribution is 9.10. The third kappa shape index (κ3) is 5.00. The summed E-state index contributed by atoms with van der Waals surface area (Å²) in [7, 11) is 1.56. The van der Waals surface area contributed by atoms with Crippen molar-refractivity contribution in [1.29, 1.82) is 0 Å². The number of thiazole rings is 1. The van der Waals surface area contributed by atoms with Gasteiger partial charge in [0.05, 0.1) is 42.2 Å². The molecule has 3 aromatic rings. The summed E-state index contributed by atoms with van der Waals surface area (Å²) in [4.78, 5) is 31.8. The van der Waals surface area contributed by atoms with E-state index < -0.39 is 12.0 Å². The van der Waals surface area contributed by atoms with Gasteiger partial charge in [0.15, 0.2) is 16.3 Å². The maximum Gasteiger partial charge on any atom is 0.338 e. The predicted molar refractivity (Wildman–Crippen MR) is 144 cm³/mol. The Kier molecular flexibility index (Phi) is 8.02. The summed E-state index contributed by atoms with van der Waals surface area (Å²) in [5.41, 5.74) is 2.03. The smallest absolute Gasteiger partial charge is 0.338 e. The van der Waals surface area contributed by atoms with Gasteiger partial charge in [-0.3, -0.25) is 9.36 Å². The van der Waals surface area contributed by atoms with E-state index >= 15 is 0 Å². The zero-order chi connectivity index (χ0) is 26.0. The fourth-order valence-electron chi connectivity index (χ4n) is 3.98. The number of fused-ring (bicyclic) bond motifs is 1. The maximum absolute atomic E-state index is 13.7. The molecule has 0 aliphatic carbocycles. The van der Waals surface area contributed by atoms with Crippen LogP contribution in [0.2, 0.25) is 5.02 Å². The van der Waals surface area contributed by atoms with Crippen LogP contribution < -0.4 is 24.4 Å². The van der Waals surface area contributed by atoms with Gasteiger partial charge in [0.1, 0.15) is 0 Å². The fourth-order valence-corrected chi connectivity index (χ4v) is 5.58. The number of hydrogen-bond donors (Lipinski definition) is 0. The van der Waals surface area contributed by atoms with E-state index in [1.807, 2.05) is 13.0 Å². The number of carbonyl (C=O) groups excluding carboxylic acids is 1. The Bertz CT molecular complexity index is 1530. The van der Waals surface area contributed by atoms with Gasteiger partial charge in [-0.2, -0.15) is 0 Å². The first-order chi connectivity index (χ1) is 17.3. The Morgan fingerprint density at radius 2 is 1.92 bits per heavy atom. The topological polar surface area (TPSA) is 79.1 Å². The normalized spacial score (nSPS) is 15.4. The van der Waals surface area contributed by atoms with Crippen LogP contribution in [-0.4, -0.2) is 30.9 Å². The molecule has 7 nitrogen and oxygen atoms in total. The van der Waals surface area contributed by atoms with E-state index in [9.17, 15) is 9.59 Å². The molecule has 0 unspecified atom stereocenters. The van der Waals surface area contributed by atoms with Crippen molar-refractivity contribution in [2.45, 2.75) is 26.8 Å². The number of nitrogens with zero attached hydrogens (tertiary/aromatic N) is 2. The number of ether oxygens (including phenoxy) is 3. The largest absolute Gasteiger partial charge is 0.493 e. The van der Waals surface area contributed by atoms with Gasteiger partial charge < -0.3 is 14.2 Å². The Labute approximate surface area is 225 Å². The SMILES string of the molecule is CCOC(=O)C1=C(C)N=c2s/c(=C/c3cc(OC)c(OCC)cc3Br)c(=O)n2[C@@H]1c1ccc(Cl)cc1. The van der Waals surface area contributed by atoms with Gasteiger partial charge in [-0.25, -0.2) is 9.79 Å². The third-order valence-corrected chi connectivity index (χ3v) is 7.49. The summed E-state index contributed by atoms with van der Waals surface area (Å²) in [5.74, 6) is 0.647. The van der Waals surface area contributed by atoms with Crippen molar-refractivity contribution in [3.8, 4) is 11.5 Å². The molecule has 0 N–H and O–H groups in total. The Balaban J connectivity index is 1.93. The van der Waals surface area contributed by atoms with Gasteiger partial charge >= 0.3 is 5.97 Å². The van der Waals surface area contributed by atoms with Crippen LogP contribution in [0.15, 0.2) is 61.9 Å². The average molecular weight is 592 g/mol. The molecule has 0 fully saturated rings. The standard InChI is InChI=1S/C26H24BrClN2O5S/c1-5-34-20-13-18(27)16(11-19(20)33-4)12-21-24(31)30-23(15-7-9-17(28)10-8-15)22(25(32)35-6-2)14(3)29-26(30)36-21/h7-13,23H,5-6H2,1-4H3/b21-12+/t23-/m1/s1. The summed E-state index contributed by atoms with van der Waals surface area (Å²) in [6.45, 7) is 6.09. The summed E-state index contributed by atoms with van der Waals surface area (Å²) in [6.07, 6.45) is 1.77. The van der Waals surface area contributed by atoms with Crippen LogP contribution in [0, 0.1) is 0 Å². The molecule has 2 aromatic carbocycles. The number of carbonyl (C=O) groups is 1. The molecule has 1 atom stereocenters. The second-order valence-corrected chi connectivity index (χ2v) is 10.1. The van der Waals surface area contributed by atoms with Crippen molar-refractivity contribution >= 4 is 50.9 Å². The minimum Gasteiger partial charge on any atom is -0.493 e. The first-order valence-electron chi connectivity index (χ1n) is 11.2. The maximum atomic E-state index is 13.7. The van der Waals surface area contributed by atoms with Crippen LogP contribution in [0.25, 0.3) is 6.08 Å². The number of esters is 1. The zero-order valence-corrected chi connectivity index (χ0v) is 23.3. The first kappa shape index (κ1) is 26.2. The van der Waals surface area contributed by atoms with E-state index in [-0.39, 0.29) is 12.2 Å². The fraction of sp³-hybridized carbons (Fsp3) is 0.269. The van der Waals surface area contributed by atoms with Crippen LogP contribution >= 0.6 is 38.9 Å². The summed E-state index contributed by atoms with van der Waals surface area (Å²) >= 11 is 10.9. The van der Waals surface area contributed by atoms with Crippen molar-refractivity contribution in [1.82, 2.24) is 4.57 Å². The molecule has 0 amide bonds. The second kappa shape index (κ2) is 11.0. The molecule has 0 saturated heterocycles. The highest BCUT2D eigenvalue weighted by atomic mass is 79.9. The number of allylic oxidation sites excluding steroid dienone is 1. The lowest BCUT2D eigenvalue weighted by Gasteiger charge is -2.24. The van der Waals surface area contributed by atoms with Gasteiger partial charge in [-0.05, 0) is 62.2 Å². The molecule has 0 spiro atoms. The summed E-state index contributed by atoms with van der Waals surface area (Å²) < 4.78 is 19.2. The first-order valence-corrected chi connectivity index (χ1v) is 13.2. The van der Waals surface area contributed by atoms with Crippen LogP contribution in [-0.2, 0) is 9.53 Å². The van der Waals surface area contributed by atoms with Crippen molar-refractivity contribution in [2.75, 3.05) is 20.3 Å². The molecule has 0 bridgehead atoms. The number of hydrogen-bond acceptors (Lipinski definition) is 7. The minimum absolute atomic E-state index is 0.209. The van der Waals surface area contributed by atoms with Crippen molar-refractivity contribution in [3.05, 3.63) is 88.0 Å². The predicted octanol–water partition coefficient (Wildman–Crippen LogP) is 4.62. The Morgan fingerprint density at radius 3 is 2.56 bits per heavy atom. The van der Waals surface area contributed by atoms with E-state index in [1.54, 1.807) is 61.9 Å². The van der Waals surface area contributed by atoms with E-state index in [0.29, 0.717) is 43.7 Å². The lowest BCUT2D eigenvalue weighted by Crippen LogP contribution is -2.39. The molecule has 10 heteroatoms. The molecule has 0 saturated carbocycles. The van der Waals surface area contributed by atoms with Crippen molar-refractivity contribution in [3.63, 3.8) is 0 Å². The number of benzene rings is 2. The van der Waals surface area contributed by atoms with E-state index in [4.69, 9.17) is 25.8 Å². The molecule has 36 heavy (non-hydrogen) atoms. The zero-order valence-electron chi connectivity index (χ0n) is 20.1. The van der Waals surface area contributed by atoms with Gasteiger partial charge in [-0.1, -0.05) is 51.0 Å². The van der Waals surface area contributed by atoms with Crippen LogP contribution in [0.1, 0.15) is 37.9 Å². The molecule has 2 heterocycles. The molecule has 1 aliphatic heterocycles. The molecule has 1 aromatic heterocycles. The van der Waals surface area contributed by atoms with Crippen LogP contribution in [0.5, 0.6) is 11.5 Å². The number of halogens is 2. The van der Waals surface area contributed by atoms with Gasteiger partial charge in [-0.15, -0.1) is 0 Å². The second-order valence-electron chi connectivity index (χ2n) is 7.81. The molecular formula is C26H24BrClN2O5S. The Hall–Kier alpha value is -2.88. The molecular weight excluding hydrogens is 568 g/mol. The molecule has 188 valence electrons. The Morgan fingerprint density at radius 1 is 1.19 bits per heavy atom. The van der Waals surface area contributed by atoms with Gasteiger partial charge in [0.2, 0.25) is 0 Å². The number of rotatable bonds is 7. The minimum atomic E-state index is -0.696.